The number of rotatable bonds is 6. The molecule has 0 bridgehead atoms. The Kier molecular flexibility index (Phi) is 5.78. The van der Waals surface area contributed by atoms with Gasteiger partial charge in [-0.2, -0.15) is 0 Å². The zero-order valence-electron chi connectivity index (χ0n) is 16.6. The van der Waals surface area contributed by atoms with Gasteiger partial charge in [0.1, 0.15) is 0 Å². The lowest BCUT2D eigenvalue weighted by atomic mass is 9.88. The van der Waals surface area contributed by atoms with Crippen molar-refractivity contribution in [3.8, 4) is 5.69 Å². The Balaban J connectivity index is 1.34. The number of likely N-dealkylation sites (tertiary alicyclic amines) is 1. The van der Waals surface area contributed by atoms with Crippen molar-refractivity contribution in [2.24, 2.45) is 0 Å². The third kappa shape index (κ3) is 5.31. The fourth-order valence-corrected chi connectivity index (χ4v) is 4.76. The Bertz CT molecular complexity index is 1060. The van der Waals surface area contributed by atoms with Crippen LogP contribution in [0.15, 0.2) is 60.8 Å². The molecule has 2 aromatic carbocycles. The van der Waals surface area contributed by atoms with Gasteiger partial charge in [-0.25, -0.2) is 13.1 Å². The van der Waals surface area contributed by atoms with E-state index in [0.717, 1.165) is 49.4 Å². The maximum atomic E-state index is 11.6. The SMILES string of the molecule is CS(=O)(=O)Cc1cccc(C2CCN(Cc3cn(-c4ccccc4)nn3)CC2)c1. The van der Waals surface area contributed by atoms with Crippen LogP contribution in [0.5, 0.6) is 0 Å². The van der Waals surface area contributed by atoms with Gasteiger partial charge in [0.05, 0.1) is 23.3 Å². The first-order chi connectivity index (χ1) is 14.0. The third-order valence-electron chi connectivity index (χ3n) is 5.39. The number of para-hydroxylation sites is 1. The van der Waals surface area contributed by atoms with Crippen LogP contribution in [0.2, 0.25) is 0 Å². The molecule has 0 saturated carbocycles. The van der Waals surface area contributed by atoms with Gasteiger partial charge in [-0.05, 0) is 55.1 Å². The minimum Gasteiger partial charge on any atom is -0.297 e. The Morgan fingerprint density at radius 1 is 1.03 bits per heavy atom. The summed E-state index contributed by atoms with van der Waals surface area (Å²) in [5, 5.41) is 8.57. The van der Waals surface area contributed by atoms with Crippen molar-refractivity contribution in [2.45, 2.75) is 31.1 Å². The van der Waals surface area contributed by atoms with E-state index in [1.54, 1.807) is 0 Å². The highest BCUT2D eigenvalue weighted by molar-refractivity contribution is 7.89. The molecule has 1 aliphatic rings. The van der Waals surface area contributed by atoms with Crippen LogP contribution in [-0.2, 0) is 22.1 Å². The zero-order valence-corrected chi connectivity index (χ0v) is 17.4. The van der Waals surface area contributed by atoms with E-state index in [1.165, 1.54) is 11.8 Å². The highest BCUT2D eigenvalue weighted by Gasteiger charge is 2.22. The van der Waals surface area contributed by atoms with Crippen LogP contribution in [0.25, 0.3) is 5.69 Å². The maximum absolute atomic E-state index is 11.6. The van der Waals surface area contributed by atoms with E-state index in [-0.39, 0.29) is 5.75 Å². The molecule has 1 fully saturated rings. The molecule has 7 heteroatoms. The van der Waals surface area contributed by atoms with Gasteiger partial charge in [0.2, 0.25) is 0 Å². The Labute approximate surface area is 172 Å². The molecule has 29 heavy (non-hydrogen) atoms. The summed E-state index contributed by atoms with van der Waals surface area (Å²) in [6.45, 7) is 2.80. The quantitative estimate of drug-likeness (QED) is 0.624. The average Bonchev–Trinajstić information content (AvgIpc) is 3.17. The zero-order chi connectivity index (χ0) is 20.3. The number of benzene rings is 2. The first kappa shape index (κ1) is 19.8. The predicted octanol–water partition coefficient (Wildman–Crippen LogP) is 3.19. The number of piperidine rings is 1. The summed E-state index contributed by atoms with van der Waals surface area (Å²) < 4.78 is 25.0. The summed E-state index contributed by atoms with van der Waals surface area (Å²) in [6, 6.07) is 18.1. The molecule has 2 heterocycles. The minimum atomic E-state index is -3.01. The number of hydrogen-bond donors (Lipinski definition) is 0. The van der Waals surface area contributed by atoms with Crippen molar-refractivity contribution in [3.05, 3.63) is 77.6 Å². The summed E-state index contributed by atoms with van der Waals surface area (Å²) in [5.41, 5.74) is 4.12. The molecule has 1 saturated heterocycles. The molecule has 0 unspecified atom stereocenters. The first-order valence-electron chi connectivity index (χ1n) is 9.92. The summed E-state index contributed by atoms with van der Waals surface area (Å²) in [5.74, 6) is 0.585. The summed E-state index contributed by atoms with van der Waals surface area (Å²) in [7, 11) is -3.01. The van der Waals surface area contributed by atoms with E-state index in [2.05, 4.69) is 27.3 Å². The van der Waals surface area contributed by atoms with E-state index in [9.17, 15) is 8.42 Å². The molecule has 0 N–H and O–H groups in total. The van der Waals surface area contributed by atoms with E-state index in [1.807, 2.05) is 53.3 Å². The molecule has 0 aliphatic carbocycles. The Hall–Kier alpha value is -2.51. The van der Waals surface area contributed by atoms with Crippen LogP contribution in [0.4, 0.5) is 0 Å². The van der Waals surface area contributed by atoms with Crippen molar-refractivity contribution < 1.29 is 8.42 Å². The van der Waals surface area contributed by atoms with Gasteiger partial charge in [0.15, 0.2) is 9.84 Å². The van der Waals surface area contributed by atoms with Gasteiger partial charge in [0.25, 0.3) is 0 Å². The van der Waals surface area contributed by atoms with E-state index in [0.29, 0.717) is 5.92 Å². The highest BCUT2D eigenvalue weighted by Crippen LogP contribution is 2.29. The van der Waals surface area contributed by atoms with Crippen LogP contribution in [0, 0.1) is 0 Å². The van der Waals surface area contributed by atoms with E-state index in [4.69, 9.17) is 0 Å². The number of aromatic nitrogens is 3. The van der Waals surface area contributed by atoms with Crippen LogP contribution in [0.1, 0.15) is 35.6 Å². The maximum Gasteiger partial charge on any atom is 0.151 e. The molecule has 6 nitrogen and oxygen atoms in total. The second-order valence-electron chi connectivity index (χ2n) is 7.86. The van der Waals surface area contributed by atoms with E-state index < -0.39 is 9.84 Å². The Morgan fingerprint density at radius 2 is 1.79 bits per heavy atom. The molecule has 0 atom stereocenters. The molecule has 152 valence electrons. The molecule has 0 spiro atoms. The van der Waals surface area contributed by atoms with Crippen molar-refractivity contribution in [1.29, 1.82) is 0 Å². The van der Waals surface area contributed by atoms with Gasteiger partial charge in [0, 0.05) is 12.8 Å². The highest BCUT2D eigenvalue weighted by atomic mass is 32.2. The monoisotopic (exact) mass is 410 g/mol. The van der Waals surface area contributed by atoms with Crippen LogP contribution in [0.3, 0.4) is 0 Å². The molecular weight excluding hydrogens is 384 g/mol. The van der Waals surface area contributed by atoms with Crippen molar-refractivity contribution >= 4 is 9.84 Å². The average molecular weight is 411 g/mol. The van der Waals surface area contributed by atoms with Gasteiger partial charge in [-0.3, -0.25) is 4.90 Å². The van der Waals surface area contributed by atoms with Crippen LogP contribution in [-0.4, -0.2) is 47.7 Å². The van der Waals surface area contributed by atoms with Gasteiger partial charge in [-0.1, -0.05) is 47.7 Å². The molecule has 1 aromatic heterocycles. The lowest BCUT2D eigenvalue weighted by Gasteiger charge is -2.31. The first-order valence-corrected chi connectivity index (χ1v) is 12.0. The van der Waals surface area contributed by atoms with Crippen molar-refractivity contribution in [1.82, 2.24) is 19.9 Å². The molecule has 0 amide bonds. The second kappa shape index (κ2) is 8.47. The molecule has 4 rings (SSSR count). The predicted molar refractivity (Wildman–Crippen MR) is 114 cm³/mol. The van der Waals surface area contributed by atoms with Gasteiger partial charge < -0.3 is 0 Å². The largest absolute Gasteiger partial charge is 0.297 e. The third-order valence-corrected chi connectivity index (χ3v) is 6.24. The van der Waals surface area contributed by atoms with Crippen LogP contribution < -0.4 is 0 Å². The number of nitrogens with zero attached hydrogens (tertiary/aromatic N) is 4. The topological polar surface area (TPSA) is 68.1 Å². The fourth-order valence-electron chi connectivity index (χ4n) is 3.97. The number of sulfone groups is 1. The fraction of sp³-hybridized carbons (Fsp3) is 0.364. The minimum absolute atomic E-state index is 0.108. The van der Waals surface area contributed by atoms with Crippen LogP contribution >= 0.6 is 0 Å². The molecule has 0 radical (unpaired) electrons. The summed E-state index contributed by atoms with van der Waals surface area (Å²) in [4.78, 5) is 2.41. The molecule has 3 aromatic rings. The van der Waals surface area contributed by atoms with Crippen molar-refractivity contribution in [2.75, 3.05) is 19.3 Å². The molecule has 1 aliphatic heterocycles. The summed E-state index contributed by atoms with van der Waals surface area (Å²) in [6.07, 6.45) is 5.41. The molecular formula is C22H26N4O2S. The van der Waals surface area contributed by atoms with Crippen molar-refractivity contribution in [3.63, 3.8) is 0 Å². The normalized spacial score (nSPS) is 16.2. The van der Waals surface area contributed by atoms with Gasteiger partial charge >= 0.3 is 0 Å². The summed E-state index contributed by atoms with van der Waals surface area (Å²) >= 11 is 0. The lowest BCUT2D eigenvalue weighted by Crippen LogP contribution is -2.32. The van der Waals surface area contributed by atoms with E-state index >= 15 is 0 Å². The smallest absolute Gasteiger partial charge is 0.151 e. The standard InChI is InChI=1S/C22H26N4O2S/c1-29(27,28)17-18-6-5-7-20(14-18)19-10-12-25(13-11-19)15-21-16-26(24-23-21)22-8-3-2-4-9-22/h2-9,14,16,19H,10-13,15,17H2,1H3. The Morgan fingerprint density at radius 3 is 2.52 bits per heavy atom. The number of hydrogen-bond acceptors (Lipinski definition) is 5. The lowest BCUT2D eigenvalue weighted by molar-refractivity contribution is 0.202. The van der Waals surface area contributed by atoms with Gasteiger partial charge in [-0.15, -0.1) is 5.10 Å². The second-order valence-corrected chi connectivity index (χ2v) is 10.00.